The highest BCUT2D eigenvalue weighted by Crippen LogP contribution is 2.23. The van der Waals surface area contributed by atoms with E-state index in [-0.39, 0.29) is 23.8 Å². The largest absolute Gasteiger partial charge is 0.497 e. The van der Waals surface area contributed by atoms with Crippen LogP contribution in [0.2, 0.25) is 0 Å². The van der Waals surface area contributed by atoms with Gasteiger partial charge in [0.15, 0.2) is 0 Å². The number of likely N-dealkylation sites (tertiary alicyclic amines) is 1. The normalized spacial score (nSPS) is 22.8. The van der Waals surface area contributed by atoms with Gasteiger partial charge in [-0.25, -0.2) is 8.42 Å². The zero-order valence-electron chi connectivity index (χ0n) is 19.6. The minimum absolute atomic E-state index is 0.0154. The third-order valence-corrected chi connectivity index (χ3v) is 8.26. The SMILES string of the molecule is COc1ccc(S(=O)(=O)N(CCC(=O)N2CCNCC2)CCN2CC(C)CC(C)C2)cc1. The van der Waals surface area contributed by atoms with Crippen LogP contribution >= 0.6 is 0 Å². The molecule has 9 heteroatoms. The van der Waals surface area contributed by atoms with E-state index < -0.39 is 10.0 Å². The summed E-state index contributed by atoms with van der Waals surface area (Å²) in [6.07, 6.45) is 1.41. The zero-order valence-corrected chi connectivity index (χ0v) is 20.4. The van der Waals surface area contributed by atoms with Crippen LogP contribution in [0.5, 0.6) is 5.75 Å². The number of piperidine rings is 1. The van der Waals surface area contributed by atoms with Crippen LogP contribution in [0.3, 0.4) is 0 Å². The molecule has 1 aromatic carbocycles. The van der Waals surface area contributed by atoms with E-state index in [1.807, 2.05) is 4.90 Å². The van der Waals surface area contributed by atoms with Gasteiger partial charge in [-0.15, -0.1) is 0 Å². The first-order chi connectivity index (χ1) is 15.3. The lowest BCUT2D eigenvalue weighted by atomic mass is 9.92. The number of ether oxygens (including phenoxy) is 1. The molecule has 2 saturated heterocycles. The van der Waals surface area contributed by atoms with Gasteiger partial charge in [-0.1, -0.05) is 13.8 Å². The van der Waals surface area contributed by atoms with Crippen LogP contribution in [-0.2, 0) is 14.8 Å². The summed E-state index contributed by atoms with van der Waals surface area (Å²) in [5.74, 6) is 1.85. The second-order valence-corrected chi connectivity index (χ2v) is 11.1. The van der Waals surface area contributed by atoms with Gasteiger partial charge in [0.25, 0.3) is 0 Å². The molecule has 0 spiro atoms. The van der Waals surface area contributed by atoms with E-state index in [2.05, 4.69) is 24.1 Å². The molecule has 0 bridgehead atoms. The van der Waals surface area contributed by atoms with E-state index in [9.17, 15) is 13.2 Å². The van der Waals surface area contributed by atoms with Crippen molar-refractivity contribution < 1.29 is 17.9 Å². The highest BCUT2D eigenvalue weighted by Gasteiger charge is 2.28. The van der Waals surface area contributed by atoms with Gasteiger partial charge in [-0.3, -0.25) is 4.79 Å². The Morgan fingerprint density at radius 3 is 2.31 bits per heavy atom. The number of amides is 1. The third-order valence-electron chi connectivity index (χ3n) is 6.35. The molecule has 2 aliphatic rings. The number of piperazine rings is 1. The van der Waals surface area contributed by atoms with Crippen molar-refractivity contribution in [2.24, 2.45) is 11.8 Å². The molecule has 8 nitrogen and oxygen atoms in total. The fourth-order valence-electron chi connectivity index (χ4n) is 4.77. The van der Waals surface area contributed by atoms with Crippen LogP contribution in [0.4, 0.5) is 0 Å². The Morgan fingerprint density at radius 1 is 1.09 bits per heavy atom. The number of sulfonamides is 1. The van der Waals surface area contributed by atoms with Crippen LogP contribution in [0, 0.1) is 11.8 Å². The molecular weight excluding hydrogens is 428 g/mol. The van der Waals surface area contributed by atoms with Gasteiger partial charge in [0.2, 0.25) is 15.9 Å². The average Bonchev–Trinajstić information content (AvgIpc) is 2.78. The fourth-order valence-corrected chi connectivity index (χ4v) is 6.20. The van der Waals surface area contributed by atoms with Gasteiger partial charge < -0.3 is 19.9 Å². The Labute approximate surface area is 192 Å². The summed E-state index contributed by atoms with van der Waals surface area (Å²) in [6.45, 7) is 10.6. The maximum absolute atomic E-state index is 13.5. The van der Waals surface area contributed by atoms with E-state index in [0.717, 1.165) is 26.2 Å². The van der Waals surface area contributed by atoms with Crippen molar-refractivity contribution in [3.63, 3.8) is 0 Å². The summed E-state index contributed by atoms with van der Waals surface area (Å²) < 4.78 is 33.6. The maximum atomic E-state index is 13.5. The number of carbonyl (C=O) groups is 1. The first kappa shape index (κ1) is 25.0. The lowest BCUT2D eigenvalue weighted by molar-refractivity contribution is -0.131. The summed E-state index contributed by atoms with van der Waals surface area (Å²) in [5, 5.41) is 3.24. The molecule has 0 saturated carbocycles. The molecule has 0 aromatic heterocycles. The van der Waals surface area contributed by atoms with Crippen molar-refractivity contribution in [2.45, 2.75) is 31.6 Å². The second kappa shape index (κ2) is 11.4. The molecule has 3 rings (SSSR count). The topological polar surface area (TPSA) is 82.2 Å². The molecule has 1 aromatic rings. The summed E-state index contributed by atoms with van der Waals surface area (Å²) in [7, 11) is -2.16. The number of hydrogen-bond acceptors (Lipinski definition) is 6. The van der Waals surface area contributed by atoms with Gasteiger partial charge >= 0.3 is 0 Å². The fraction of sp³-hybridized carbons (Fsp3) is 0.696. The highest BCUT2D eigenvalue weighted by atomic mass is 32.2. The number of hydrogen-bond donors (Lipinski definition) is 1. The smallest absolute Gasteiger partial charge is 0.243 e. The number of nitrogens with zero attached hydrogens (tertiary/aromatic N) is 3. The molecule has 2 unspecified atom stereocenters. The molecule has 2 fully saturated rings. The van der Waals surface area contributed by atoms with Crippen molar-refractivity contribution >= 4 is 15.9 Å². The Balaban J connectivity index is 1.70. The summed E-state index contributed by atoms with van der Waals surface area (Å²) in [6, 6.07) is 6.46. The molecule has 1 amide bonds. The van der Waals surface area contributed by atoms with Gasteiger partial charge in [0.05, 0.1) is 12.0 Å². The lowest BCUT2D eigenvalue weighted by Crippen LogP contribution is -2.48. The van der Waals surface area contributed by atoms with Crippen molar-refractivity contribution in [2.75, 3.05) is 66.0 Å². The van der Waals surface area contributed by atoms with Gasteiger partial charge in [-0.05, 0) is 42.5 Å². The van der Waals surface area contributed by atoms with Crippen molar-refractivity contribution in [3.8, 4) is 5.75 Å². The van der Waals surface area contributed by atoms with Crippen molar-refractivity contribution in [1.82, 2.24) is 19.4 Å². The average molecular weight is 467 g/mol. The third kappa shape index (κ3) is 6.66. The molecular formula is C23H38N4O4S. The molecule has 1 N–H and O–H groups in total. The van der Waals surface area contributed by atoms with Crippen LogP contribution < -0.4 is 10.1 Å². The molecule has 32 heavy (non-hydrogen) atoms. The summed E-state index contributed by atoms with van der Waals surface area (Å²) in [5.41, 5.74) is 0. The quantitative estimate of drug-likeness (QED) is 0.594. The molecule has 2 heterocycles. The second-order valence-electron chi connectivity index (χ2n) is 9.17. The molecule has 0 aliphatic carbocycles. The molecule has 2 aliphatic heterocycles. The predicted molar refractivity (Wildman–Crippen MR) is 125 cm³/mol. The standard InChI is InChI=1S/C23H38N4O4S/c1-19-16-20(2)18-25(17-19)14-15-27(11-8-23(28)26-12-9-24-10-13-26)32(29,30)22-6-4-21(31-3)5-7-22/h4-7,19-20,24H,8-18H2,1-3H3. The van der Waals surface area contributed by atoms with Crippen LogP contribution in [0.1, 0.15) is 26.7 Å². The zero-order chi connectivity index (χ0) is 23.1. The van der Waals surface area contributed by atoms with Crippen LogP contribution in [-0.4, -0.2) is 94.4 Å². The molecule has 0 radical (unpaired) electrons. The minimum atomic E-state index is -3.71. The lowest BCUT2D eigenvalue weighted by Gasteiger charge is -2.36. The van der Waals surface area contributed by atoms with E-state index >= 15 is 0 Å². The Morgan fingerprint density at radius 2 is 1.72 bits per heavy atom. The van der Waals surface area contributed by atoms with Gasteiger partial charge in [-0.2, -0.15) is 4.31 Å². The molecule has 2 atom stereocenters. The first-order valence-corrected chi connectivity index (χ1v) is 13.1. The monoisotopic (exact) mass is 466 g/mol. The number of carbonyl (C=O) groups excluding carboxylic acids is 1. The van der Waals surface area contributed by atoms with E-state index in [4.69, 9.17) is 4.74 Å². The Hall–Kier alpha value is -1.68. The maximum Gasteiger partial charge on any atom is 0.243 e. The molecule has 180 valence electrons. The number of benzene rings is 1. The first-order valence-electron chi connectivity index (χ1n) is 11.6. The van der Waals surface area contributed by atoms with Crippen molar-refractivity contribution in [3.05, 3.63) is 24.3 Å². The number of methoxy groups -OCH3 is 1. The van der Waals surface area contributed by atoms with Gasteiger partial charge in [0, 0.05) is 65.3 Å². The Kier molecular flexibility index (Phi) is 8.93. The highest BCUT2D eigenvalue weighted by molar-refractivity contribution is 7.89. The number of rotatable bonds is 9. The Bertz CT molecular complexity index is 830. The number of nitrogens with one attached hydrogen (secondary N) is 1. The van der Waals surface area contributed by atoms with E-state index in [1.54, 1.807) is 31.4 Å². The van der Waals surface area contributed by atoms with Crippen molar-refractivity contribution in [1.29, 1.82) is 0 Å². The van der Waals surface area contributed by atoms with Crippen LogP contribution in [0.25, 0.3) is 0 Å². The van der Waals surface area contributed by atoms with E-state index in [1.165, 1.54) is 10.7 Å². The predicted octanol–water partition coefficient (Wildman–Crippen LogP) is 1.49. The van der Waals surface area contributed by atoms with E-state index in [0.29, 0.717) is 43.8 Å². The minimum Gasteiger partial charge on any atom is -0.497 e. The summed E-state index contributed by atoms with van der Waals surface area (Å²) >= 11 is 0. The van der Waals surface area contributed by atoms with Crippen LogP contribution in [0.15, 0.2) is 29.2 Å². The summed E-state index contributed by atoms with van der Waals surface area (Å²) in [4.78, 5) is 17.1. The van der Waals surface area contributed by atoms with Gasteiger partial charge in [0.1, 0.15) is 5.75 Å².